The molecule has 1 aromatic heterocycles. The smallest absolute Gasteiger partial charge is 0.279 e. The van der Waals surface area contributed by atoms with Gasteiger partial charge in [0.25, 0.3) is 0 Å². The van der Waals surface area contributed by atoms with E-state index >= 15 is 0 Å². The van der Waals surface area contributed by atoms with E-state index in [-0.39, 0.29) is 11.1 Å². The molecule has 0 atom stereocenters. The zero-order chi connectivity index (χ0) is 16.9. The highest BCUT2D eigenvalue weighted by Crippen LogP contribution is 2.49. The van der Waals surface area contributed by atoms with Gasteiger partial charge in [0.2, 0.25) is 0 Å². The SMILES string of the molecule is O=c1n(CC2(c3ccc(C(F)(F)F)cc3)CC2)nc2n1CCCC2. The zero-order valence-corrected chi connectivity index (χ0v) is 13.1. The first-order valence-corrected chi connectivity index (χ1v) is 8.23. The first kappa shape index (κ1) is 15.5. The molecule has 0 unspecified atom stereocenters. The van der Waals surface area contributed by atoms with Crippen molar-refractivity contribution >= 4 is 0 Å². The Morgan fingerprint density at radius 3 is 2.42 bits per heavy atom. The minimum absolute atomic E-state index is 0.0945. The van der Waals surface area contributed by atoms with Crippen LogP contribution in [-0.4, -0.2) is 14.3 Å². The molecule has 4 rings (SSSR count). The van der Waals surface area contributed by atoms with E-state index in [1.54, 1.807) is 4.57 Å². The van der Waals surface area contributed by atoms with Gasteiger partial charge in [0.1, 0.15) is 5.82 Å². The highest BCUT2D eigenvalue weighted by atomic mass is 19.4. The van der Waals surface area contributed by atoms with E-state index < -0.39 is 11.7 Å². The lowest BCUT2D eigenvalue weighted by atomic mass is 9.95. The summed E-state index contributed by atoms with van der Waals surface area (Å²) < 4.78 is 41.3. The maximum Gasteiger partial charge on any atom is 0.416 e. The Hall–Kier alpha value is -2.05. The van der Waals surface area contributed by atoms with Crippen LogP contribution in [0.1, 0.15) is 42.6 Å². The maximum atomic E-state index is 12.7. The van der Waals surface area contributed by atoms with E-state index in [0.717, 1.165) is 55.6 Å². The molecule has 1 aliphatic carbocycles. The quantitative estimate of drug-likeness (QED) is 0.863. The van der Waals surface area contributed by atoms with Crippen LogP contribution in [0, 0.1) is 0 Å². The summed E-state index contributed by atoms with van der Waals surface area (Å²) >= 11 is 0. The Morgan fingerprint density at radius 1 is 1.12 bits per heavy atom. The van der Waals surface area contributed by atoms with Crippen LogP contribution in [0.3, 0.4) is 0 Å². The van der Waals surface area contributed by atoms with E-state index in [1.807, 2.05) is 0 Å². The topological polar surface area (TPSA) is 39.8 Å². The Morgan fingerprint density at radius 2 is 1.83 bits per heavy atom. The number of aromatic nitrogens is 3. The van der Waals surface area contributed by atoms with E-state index in [0.29, 0.717) is 13.1 Å². The van der Waals surface area contributed by atoms with Crippen LogP contribution in [0.2, 0.25) is 0 Å². The summed E-state index contributed by atoms with van der Waals surface area (Å²) in [6.07, 6.45) is 0.258. The molecule has 0 spiro atoms. The van der Waals surface area contributed by atoms with Gasteiger partial charge in [-0.1, -0.05) is 12.1 Å². The second kappa shape index (κ2) is 5.22. The fraction of sp³-hybridized carbons (Fsp3) is 0.529. The Labute approximate surface area is 136 Å². The second-order valence-electron chi connectivity index (χ2n) is 6.82. The molecule has 24 heavy (non-hydrogen) atoms. The first-order chi connectivity index (χ1) is 11.4. The molecule has 1 fully saturated rings. The predicted molar refractivity (Wildman–Crippen MR) is 81.8 cm³/mol. The van der Waals surface area contributed by atoms with Gasteiger partial charge in [0.05, 0.1) is 12.1 Å². The number of rotatable bonds is 3. The summed E-state index contributed by atoms with van der Waals surface area (Å²) in [5.74, 6) is 0.828. The zero-order valence-electron chi connectivity index (χ0n) is 13.1. The third kappa shape index (κ3) is 2.56. The van der Waals surface area contributed by atoms with Crippen molar-refractivity contribution in [2.75, 3.05) is 0 Å². The molecule has 4 nitrogen and oxygen atoms in total. The summed E-state index contributed by atoms with van der Waals surface area (Å²) in [6.45, 7) is 1.15. The fourth-order valence-corrected chi connectivity index (χ4v) is 3.54. The van der Waals surface area contributed by atoms with Crippen LogP contribution < -0.4 is 5.69 Å². The number of benzene rings is 1. The van der Waals surface area contributed by atoms with E-state index in [1.165, 1.54) is 16.8 Å². The number of alkyl halides is 3. The Bertz CT molecular complexity index is 813. The molecule has 0 amide bonds. The average molecular weight is 337 g/mol. The van der Waals surface area contributed by atoms with Crippen LogP contribution in [0.25, 0.3) is 0 Å². The summed E-state index contributed by atoms with van der Waals surface area (Å²) in [5, 5.41) is 4.44. The van der Waals surface area contributed by atoms with Gasteiger partial charge in [-0.05, 0) is 43.4 Å². The van der Waals surface area contributed by atoms with E-state index in [2.05, 4.69) is 5.10 Å². The van der Waals surface area contributed by atoms with Gasteiger partial charge >= 0.3 is 11.9 Å². The predicted octanol–water partition coefficient (Wildman–Crippen LogP) is 3.13. The minimum Gasteiger partial charge on any atom is -0.279 e. The van der Waals surface area contributed by atoms with E-state index in [4.69, 9.17) is 0 Å². The van der Waals surface area contributed by atoms with Crippen molar-refractivity contribution in [1.29, 1.82) is 0 Å². The molecule has 1 aromatic carbocycles. The van der Waals surface area contributed by atoms with Gasteiger partial charge in [-0.3, -0.25) is 4.57 Å². The number of hydrogen-bond donors (Lipinski definition) is 0. The Balaban J connectivity index is 1.61. The van der Waals surface area contributed by atoms with Gasteiger partial charge in [-0.25, -0.2) is 9.48 Å². The Kier molecular flexibility index (Phi) is 3.37. The van der Waals surface area contributed by atoms with Crippen molar-refractivity contribution in [3.05, 3.63) is 51.7 Å². The van der Waals surface area contributed by atoms with Crippen molar-refractivity contribution in [2.45, 2.75) is 56.8 Å². The van der Waals surface area contributed by atoms with Gasteiger partial charge in [0.15, 0.2) is 0 Å². The lowest BCUT2D eigenvalue weighted by Gasteiger charge is -2.16. The molecule has 2 aromatic rings. The van der Waals surface area contributed by atoms with Gasteiger partial charge < -0.3 is 0 Å². The normalized spacial score (nSPS) is 19.1. The van der Waals surface area contributed by atoms with Crippen LogP contribution in [0.15, 0.2) is 29.1 Å². The molecular formula is C17H18F3N3O. The number of fused-ring (bicyclic) bond motifs is 1. The van der Waals surface area contributed by atoms with Crippen LogP contribution >= 0.6 is 0 Å². The van der Waals surface area contributed by atoms with Crippen LogP contribution in [0.4, 0.5) is 13.2 Å². The largest absolute Gasteiger partial charge is 0.416 e. The molecule has 1 aliphatic heterocycles. The van der Waals surface area contributed by atoms with Crippen molar-refractivity contribution in [3.8, 4) is 0 Å². The summed E-state index contributed by atoms with van der Waals surface area (Å²) in [7, 11) is 0. The molecule has 0 bridgehead atoms. The molecule has 1 saturated carbocycles. The first-order valence-electron chi connectivity index (χ1n) is 8.23. The highest BCUT2D eigenvalue weighted by molar-refractivity contribution is 5.34. The molecule has 2 heterocycles. The fourth-order valence-electron chi connectivity index (χ4n) is 3.54. The minimum atomic E-state index is -4.32. The lowest BCUT2D eigenvalue weighted by Crippen LogP contribution is -2.30. The van der Waals surface area contributed by atoms with Crippen LogP contribution in [-0.2, 0) is 31.1 Å². The lowest BCUT2D eigenvalue weighted by molar-refractivity contribution is -0.137. The number of aryl methyl sites for hydroxylation is 1. The molecule has 128 valence electrons. The van der Waals surface area contributed by atoms with Gasteiger partial charge in [0, 0.05) is 18.4 Å². The monoisotopic (exact) mass is 337 g/mol. The van der Waals surface area contributed by atoms with Crippen molar-refractivity contribution < 1.29 is 13.2 Å². The highest BCUT2D eigenvalue weighted by Gasteiger charge is 2.46. The second-order valence-corrected chi connectivity index (χ2v) is 6.82. The summed E-state index contributed by atoms with van der Waals surface area (Å²) in [6, 6.07) is 5.32. The van der Waals surface area contributed by atoms with Crippen molar-refractivity contribution in [1.82, 2.24) is 14.3 Å². The molecule has 0 N–H and O–H groups in total. The molecule has 0 radical (unpaired) electrons. The molecule has 2 aliphatic rings. The number of hydrogen-bond acceptors (Lipinski definition) is 2. The molecule has 0 saturated heterocycles. The molecular weight excluding hydrogens is 319 g/mol. The van der Waals surface area contributed by atoms with Gasteiger partial charge in [-0.2, -0.15) is 18.3 Å². The third-order valence-electron chi connectivity index (χ3n) is 5.16. The number of nitrogens with zero attached hydrogens (tertiary/aromatic N) is 3. The standard InChI is InChI=1S/C17H18F3N3O/c18-17(19,20)13-6-4-12(5-7-13)16(8-9-16)11-23-15(24)22-10-2-1-3-14(22)21-23/h4-7H,1-3,8-11H2. The summed E-state index contributed by atoms with van der Waals surface area (Å²) in [4.78, 5) is 12.5. The number of halogens is 3. The van der Waals surface area contributed by atoms with Gasteiger partial charge in [-0.15, -0.1) is 0 Å². The van der Waals surface area contributed by atoms with Crippen molar-refractivity contribution in [3.63, 3.8) is 0 Å². The maximum absolute atomic E-state index is 12.7. The molecule has 7 heteroatoms. The average Bonchev–Trinajstić information content (AvgIpc) is 3.27. The summed E-state index contributed by atoms with van der Waals surface area (Å²) in [5.41, 5.74) is -0.133. The third-order valence-corrected chi connectivity index (χ3v) is 5.16. The van der Waals surface area contributed by atoms with Crippen molar-refractivity contribution in [2.24, 2.45) is 0 Å². The van der Waals surface area contributed by atoms with E-state index in [9.17, 15) is 18.0 Å². The van der Waals surface area contributed by atoms with Crippen LogP contribution in [0.5, 0.6) is 0 Å².